The molecule has 0 saturated carbocycles. The van der Waals surface area contributed by atoms with E-state index in [1.54, 1.807) is 30.1 Å². The summed E-state index contributed by atoms with van der Waals surface area (Å²) in [7, 11) is 1.57. The van der Waals surface area contributed by atoms with Crippen molar-refractivity contribution in [2.45, 2.75) is 32.4 Å². The van der Waals surface area contributed by atoms with Crippen LogP contribution in [0.25, 0.3) is 0 Å². The van der Waals surface area contributed by atoms with Crippen molar-refractivity contribution in [3.05, 3.63) is 46.5 Å². The molecule has 0 radical (unpaired) electrons. The summed E-state index contributed by atoms with van der Waals surface area (Å²) in [5, 5.41) is 4.38. The molecule has 0 aliphatic rings. The SMILES string of the molecule is COc1cnn(C(C)C)c1C(N)Cc1cccc(Cl)c1F. The maximum atomic E-state index is 14.0. The third-order valence-electron chi connectivity index (χ3n) is 3.33. The lowest BCUT2D eigenvalue weighted by Crippen LogP contribution is -2.21. The third-order valence-corrected chi connectivity index (χ3v) is 3.62. The van der Waals surface area contributed by atoms with Gasteiger partial charge < -0.3 is 10.5 Å². The first kappa shape index (κ1) is 15.8. The van der Waals surface area contributed by atoms with Crippen molar-refractivity contribution in [1.82, 2.24) is 9.78 Å². The topological polar surface area (TPSA) is 53.1 Å². The van der Waals surface area contributed by atoms with Crippen molar-refractivity contribution in [1.29, 1.82) is 0 Å². The number of nitrogens with zero attached hydrogens (tertiary/aromatic N) is 2. The van der Waals surface area contributed by atoms with Crippen molar-refractivity contribution in [3.63, 3.8) is 0 Å². The summed E-state index contributed by atoms with van der Waals surface area (Å²) in [6, 6.07) is 4.62. The Balaban J connectivity index is 2.34. The summed E-state index contributed by atoms with van der Waals surface area (Å²) in [6.07, 6.45) is 1.95. The molecular formula is C15H19ClFN3O. The molecule has 114 valence electrons. The van der Waals surface area contributed by atoms with Gasteiger partial charge in [-0.1, -0.05) is 23.7 Å². The first-order valence-corrected chi connectivity index (χ1v) is 7.13. The Labute approximate surface area is 128 Å². The highest BCUT2D eigenvalue weighted by Gasteiger charge is 2.22. The highest BCUT2D eigenvalue weighted by atomic mass is 35.5. The lowest BCUT2D eigenvalue weighted by atomic mass is 10.0. The predicted molar refractivity (Wildman–Crippen MR) is 81.2 cm³/mol. The smallest absolute Gasteiger partial charge is 0.161 e. The summed E-state index contributed by atoms with van der Waals surface area (Å²) in [4.78, 5) is 0. The number of rotatable bonds is 5. The van der Waals surface area contributed by atoms with Gasteiger partial charge in [0.15, 0.2) is 5.75 Å². The molecule has 0 aliphatic heterocycles. The van der Waals surface area contributed by atoms with E-state index in [1.165, 1.54) is 6.07 Å². The number of halogens is 2. The number of benzene rings is 1. The van der Waals surface area contributed by atoms with E-state index in [0.29, 0.717) is 17.7 Å². The fourth-order valence-corrected chi connectivity index (χ4v) is 2.51. The monoisotopic (exact) mass is 311 g/mol. The molecular weight excluding hydrogens is 293 g/mol. The number of hydrogen-bond acceptors (Lipinski definition) is 3. The van der Waals surface area contributed by atoms with Crippen LogP contribution >= 0.6 is 11.6 Å². The van der Waals surface area contributed by atoms with E-state index >= 15 is 0 Å². The second kappa shape index (κ2) is 6.45. The van der Waals surface area contributed by atoms with Gasteiger partial charge in [-0.05, 0) is 31.9 Å². The number of methoxy groups -OCH3 is 1. The Bertz CT molecular complexity index is 627. The zero-order chi connectivity index (χ0) is 15.6. The van der Waals surface area contributed by atoms with E-state index in [4.69, 9.17) is 22.1 Å². The van der Waals surface area contributed by atoms with Gasteiger partial charge >= 0.3 is 0 Å². The molecule has 2 N–H and O–H groups in total. The molecule has 1 aromatic carbocycles. The number of aromatic nitrogens is 2. The van der Waals surface area contributed by atoms with Gasteiger partial charge in [-0.2, -0.15) is 5.10 Å². The van der Waals surface area contributed by atoms with Gasteiger partial charge in [0, 0.05) is 6.04 Å². The minimum Gasteiger partial charge on any atom is -0.493 e. The quantitative estimate of drug-likeness (QED) is 0.919. The molecule has 0 fully saturated rings. The van der Waals surface area contributed by atoms with Crippen LogP contribution in [0.4, 0.5) is 4.39 Å². The molecule has 1 aromatic heterocycles. The average molecular weight is 312 g/mol. The molecule has 21 heavy (non-hydrogen) atoms. The third kappa shape index (κ3) is 3.19. The largest absolute Gasteiger partial charge is 0.493 e. The molecule has 6 heteroatoms. The minimum atomic E-state index is -0.433. The minimum absolute atomic E-state index is 0.101. The van der Waals surface area contributed by atoms with Gasteiger partial charge in [-0.15, -0.1) is 0 Å². The van der Waals surface area contributed by atoms with Crippen molar-refractivity contribution >= 4 is 11.6 Å². The highest BCUT2D eigenvalue weighted by molar-refractivity contribution is 6.30. The van der Waals surface area contributed by atoms with Gasteiger partial charge in [0.05, 0.1) is 30.1 Å². The van der Waals surface area contributed by atoms with Crippen LogP contribution < -0.4 is 10.5 Å². The first-order valence-electron chi connectivity index (χ1n) is 6.75. The van der Waals surface area contributed by atoms with Crippen molar-refractivity contribution < 1.29 is 9.13 Å². The summed E-state index contributed by atoms with van der Waals surface area (Å²) in [5.41, 5.74) is 7.49. The summed E-state index contributed by atoms with van der Waals surface area (Å²) in [5.74, 6) is 0.183. The Morgan fingerprint density at radius 3 is 2.76 bits per heavy atom. The van der Waals surface area contributed by atoms with Crippen LogP contribution in [0.5, 0.6) is 5.75 Å². The molecule has 0 bridgehead atoms. The summed E-state index contributed by atoms with van der Waals surface area (Å²) in [6.45, 7) is 4.01. The fourth-order valence-electron chi connectivity index (χ4n) is 2.32. The Hall–Kier alpha value is -1.59. The number of hydrogen-bond donors (Lipinski definition) is 1. The standard InChI is InChI=1S/C15H19ClFN3O/c1-9(2)20-15(13(21-3)8-19-20)12(18)7-10-5-4-6-11(16)14(10)17/h4-6,8-9,12H,7,18H2,1-3H3. The molecule has 1 atom stereocenters. The zero-order valence-corrected chi connectivity index (χ0v) is 13.1. The second-order valence-electron chi connectivity index (χ2n) is 5.16. The lowest BCUT2D eigenvalue weighted by Gasteiger charge is -2.18. The van der Waals surface area contributed by atoms with E-state index in [1.807, 2.05) is 13.8 Å². The van der Waals surface area contributed by atoms with E-state index in [9.17, 15) is 4.39 Å². The highest BCUT2D eigenvalue weighted by Crippen LogP contribution is 2.29. The number of nitrogens with two attached hydrogens (primary N) is 1. The van der Waals surface area contributed by atoms with E-state index < -0.39 is 11.9 Å². The van der Waals surface area contributed by atoms with E-state index in [2.05, 4.69) is 5.10 Å². The molecule has 0 aliphatic carbocycles. The van der Waals surface area contributed by atoms with Gasteiger partial charge in [0.1, 0.15) is 5.82 Å². The van der Waals surface area contributed by atoms with Crippen molar-refractivity contribution in [2.75, 3.05) is 7.11 Å². The van der Waals surface area contributed by atoms with Crippen LogP contribution in [-0.2, 0) is 6.42 Å². The summed E-state index contributed by atoms with van der Waals surface area (Å²) >= 11 is 5.80. The van der Waals surface area contributed by atoms with Gasteiger partial charge in [0.25, 0.3) is 0 Å². The van der Waals surface area contributed by atoms with Crippen LogP contribution in [0.1, 0.15) is 37.2 Å². The zero-order valence-electron chi connectivity index (χ0n) is 12.3. The van der Waals surface area contributed by atoms with Crippen LogP contribution in [0.3, 0.4) is 0 Å². The van der Waals surface area contributed by atoms with Crippen LogP contribution in [-0.4, -0.2) is 16.9 Å². The van der Waals surface area contributed by atoms with Crippen molar-refractivity contribution in [2.24, 2.45) is 5.73 Å². The average Bonchev–Trinajstić information content (AvgIpc) is 2.88. The van der Waals surface area contributed by atoms with Crippen LogP contribution in [0.15, 0.2) is 24.4 Å². The van der Waals surface area contributed by atoms with E-state index in [0.717, 1.165) is 5.69 Å². The number of ether oxygens (including phenoxy) is 1. The van der Waals surface area contributed by atoms with Crippen molar-refractivity contribution in [3.8, 4) is 5.75 Å². The van der Waals surface area contributed by atoms with Crippen LogP contribution in [0, 0.1) is 5.82 Å². The molecule has 0 saturated heterocycles. The normalized spacial score (nSPS) is 12.7. The Kier molecular flexibility index (Phi) is 4.85. The van der Waals surface area contributed by atoms with Crippen LogP contribution in [0.2, 0.25) is 5.02 Å². The molecule has 4 nitrogen and oxygen atoms in total. The molecule has 0 amide bonds. The molecule has 1 heterocycles. The maximum absolute atomic E-state index is 14.0. The molecule has 2 rings (SSSR count). The van der Waals surface area contributed by atoms with E-state index in [-0.39, 0.29) is 11.1 Å². The maximum Gasteiger partial charge on any atom is 0.161 e. The summed E-state index contributed by atoms with van der Waals surface area (Å²) < 4.78 is 21.1. The Morgan fingerprint density at radius 2 is 2.14 bits per heavy atom. The molecule has 1 unspecified atom stereocenters. The van der Waals surface area contributed by atoms with Gasteiger partial charge in [-0.25, -0.2) is 4.39 Å². The second-order valence-corrected chi connectivity index (χ2v) is 5.57. The predicted octanol–water partition coefficient (Wildman–Crippen LogP) is 3.51. The van der Waals surface area contributed by atoms with Gasteiger partial charge in [-0.3, -0.25) is 4.68 Å². The lowest BCUT2D eigenvalue weighted by molar-refractivity contribution is 0.395. The first-order chi connectivity index (χ1) is 9.95. The molecule has 2 aromatic rings. The molecule has 0 spiro atoms. The fraction of sp³-hybridized carbons (Fsp3) is 0.400. The Morgan fingerprint density at radius 1 is 1.43 bits per heavy atom. The van der Waals surface area contributed by atoms with Gasteiger partial charge in [0.2, 0.25) is 0 Å².